The van der Waals surface area contributed by atoms with Crippen LogP contribution < -0.4 is 5.32 Å². The number of nitrogens with zero attached hydrogens (tertiary/aromatic N) is 1. The van der Waals surface area contributed by atoms with Crippen LogP contribution in [0.4, 0.5) is 0 Å². The van der Waals surface area contributed by atoms with E-state index in [1.54, 1.807) is 0 Å². The summed E-state index contributed by atoms with van der Waals surface area (Å²) < 4.78 is 0. The first-order valence-corrected chi connectivity index (χ1v) is 6.13. The predicted octanol–water partition coefficient (Wildman–Crippen LogP) is 0.368. The molecule has 0 aromatic heterocycles. The van der Waals surface area contributed by atoms with Crippen LogP contribution in [-0.2, 0) is 14.4 Å². The fraction of sp³-hybridized carbons (Fsp3) is 0.750. The first-order chi connectivity index (χ1) is 8.37. The van der Waals surface area contributed by atoms with E-state index >= 15 is 0 Å². The molecule has 0 saturated heterocycles. The van der Waals surface area contributed by atoms with Crippen molar-refractivity contribution in [2.75, 3.05) is 13.6 Å². The number of carbonyl (C=O) groups excluding carboxylic acids is 2. The largest absolute Gasteiger partial charge is 0.480 e. The average molecular weight is 256 g/mol. The predicted molar refractivity (Wildman–Crippen MR) is 64.9 cm³/mol. The summed E-state index contributed by atoms with van der Waals surface area (Å²) >= 11 is 0. The zero-order valence-electron chi connectivity index (χ0n) is 10.9. The lowest BCUT2D eigenvalue weighted by molar-refractivity contribution is -0.149. The summed E-state index contributed by atoms with van der Waals surface area (Å²) in [5, 5.41) is 11.9. The van der Waals surface area contributed by atoms with Crippen molar-refractivity contribution >= 4 is 17.8 Å². The number of hydrogen-bond acceptors (Lipinski definition) is 3. The molecule has 1 saturated carbocycles. The Morgan fingerprint density at radius 3 is 2.22 bits per heavy atom. The maximum Gasteiger partial charge on any atom is 0.329 e. The van der Waals surface area contributed by atoms with E-state index in [-0.39, 0.29) is 12.5 Å². The van der Waals surface area contributed by atoms with Gasteiger partial charge in [-0.3, -0.25) is 9.59 Å². The van der Waals surface area contributed by atoms with Crippen LogP contribution in [-0.4, -0.2) is 46.9 Å². The van der Waals surface area contributed by atoms with Gasteiger partial charge in [-0.05, 0) is 12.8 Å². The van der Waals surface area contributed by atoms with Crippen molar-refractivity contribution in [2.24, 2.45) is 0 Å². The van der Waals surface area contributed by atoms with Crippen LogP contribution in [0.25, 0.3) is 0 Å². The smallest absolute Gasteiger partial charge is 0.329 e. The van der Waals surface area contributed by atoms with Gasteiger partial charge in [0, 0.05) is 14.0 Å². The molecular weight excluding hydrogens is 236 g/mol. The van der Waals surface area contributed by atoms with E-state index in [9.17, 15) is 19.5 Å². The molecule has 1 rings (SSSR count). The van der Waals surface area contributed by atoms with Gasteiger partial charge in [-0.2, -0.15) is 0 Å². The number of carbonyl (C=O) groups is 3. The summed E-state index contributed by atoms with van der Waals surface area (Å²) in [7, 11) is 1.51. The Balaban J connectivity index is 2.64. The number of aliphatic carboxylic acids is 1. The summed E-state index contributed by atoms with van der Waals surface area (Å²) in [6.07, 6.45) is 3.51. The summed E-state index contributed by atoms with van der Waals surface area (Å²) in [6, 6.07) is 0. The maximum absolute atomic E-state index is 11.8. The van der Waals surface area contributed by atoms with Gasteiger partial charge in [0.25, 0.3) is 0 Å². The molecule has 1 fully saturated rings. The van der Waals surface area contributed by atoms with Gasteiger partial charge < -0.3 is 15.3 Å². The standard InChI is InChI=1S/C12H20N2O4/c1-9(15)14(2)8-10(16)13-12(11(17)18)6-4-3-5-7-12/h3-8H2,1-2H3,(H,13,16)(H,17,18). The van der Waals surface area contributed by atoms with Crippen LogP contribution in [0.15, 0.2) is 0 Å². The quantitative estimate of drug-likeness (QED) is 0.760. The van der Waals surface area contributed by atoms with Crippen LogP contribution in [0.3, 0.4) is 0 Å². The molecule has 0 aromatic carbocycles. The first kappa shape index (κ1) is 14.5. The average Bonchev–Trinajstić information content (AvgIpc) is 2.29. The van der Waals surface area contributed by atoms with Gasteiger partial charge in [0.2, 0.25) is 11.8 Å². The van der Waals surface area contributed by atoms with E-state index in [0.717, 1.165) is 19.3 Å². The second-order valence-corrected chi connectivity index (χ2v) is 4.87. The minimum Gasteiger partial charge on any atom is -0.480 e. The minimum atomic E-state index is -1.15. The van der Waals surface area contributed by atoms with E-state index in [4.69, 9.17) is 0 Å². The molecule has 0 spiro atoms. The van der Waals surface area contributed by atoms with E-state index in [0.29, 0.717) is 12.8 Å². The Morgan fingerprint density at radius 1 is 1.22 bits per heavy atom. The first-order valence-electron chi connectivity index (χ1n) is 6.13. The topological polar surface area (TPSA) is 86.7 Å². The van der Waals surface area contributed by atoms with E-state index in [1.807, 2.05) is 0 Å². The van der Waals surface area contributed by atoms with Gasteiger partial charge >= 0.3 is 5.97 Å². The molecule has 0 atom stereocenters. The molecule has 1 aliphatic rings. The number of amides is 2. The van der Waals surface area contributed by atoms with Crippen molar-refractivity contribution in [3.05, 3.63) is 0 Å². The van der Waals surface area contributed by atoms with Crippen molar-refractivity contribution in [3.63, 3.8) is 0 Å². The van der Waals surface area contributed by atoms with Gasteiger partial charge in [0.05, 0.1) is 6.54 Å². The van der Waals surface area contributed by atoms with E-state index < -0.39 is 17.4 Å². The van der Waals surface area contributed by atoms with Crippen molar-refractivity contribution in [2.45, 2.75) is 44.6 Å². The van der Waals surface area contributed by atoms with Crippen LogP contribution in [0.1, 0.15) is 39.0 Å². The molecule has 0 bridgehead atoms. The molecule has 0 aromatic rings. The highest BCUT2D eigenvalue weighted by Gasteiger charge is 2.40. The van der Waals surface area contributed by atoms with Gasteiger partial charge in [0.1, 0.15) is 5.54 Å². The zero-order valence-corrected chi connectivity index (χ0v) is 10.9. The minimum absolute atomic E-state index is 0.107. The number of likely N-dealkylation sites (N-methyl/N-ethyl adjacent to an activating group) is 1. The maximum atomic E-state index is 11.8. The molecule has 102 valence electrons. The number of nitrogens with one attached hydrogen (secondary N) is 1. The Labute approximate surface area is 106 Å². The summed E-state index contributed by atoms with van der Waals surface area (Å²) in [5.41, 5.74) is -1.15. The monoisotopic (exact) mass is 256 g/mol. The number of hydrogen-bond donors (Lipinski definition) is 2. The van der Waals surface area contributed by atoms with Crippen LogP contribution >= 0.6 is 0 Å². The molecular formula is C12H20N2O4. The molecule has 2 amide bonds. The molecule has 0 radical (unpaired) electrons. The summed E-state index contributed by atoms with van der Waals surface area (Å²) in [4.78, 5) is 35.4. The number of rotatable bonds is 4. The highest BCUT2D eigenvalue weighted by Crippen LogP contribution is 2.28. The Morgan fingerprint density at radius 2 is 1.78 bits per heavy atom. The molecule has 6 heteroatoms. The highest BCUT2D eigenvalue weighted by atomic mass is 16.4. The van der Waals surface area contributed by atoms with Gasteiger partial charge in [-0.1, -0.05) is 19.3 Å². The molecule has 6 nitrogen and oxygen atoms in total. The van der Waals surface area contributed by atoms with Crippen LogP contribution in [0.5, 0.6) is 0 Å². The van der Waals surface area contributed by atoms with Crippen molar-refractivity contribution in [3.8, 4) is 0 Å². The van der Waals surface area contributed by atoms with Crippen molar-refractivity contribution < 1.29 is 19.5 Å². The fourth-order valence-corrected chi connectivity index (χ4v) is 2.18. The molecule has 0 heterocycles. The third-order valence-corrected chi connectivity index (χ3v) is 3.41. The number of carboxylic acids is 1. The molecule has 18 heavy (non-hydrogen) atoms. The Kier molecular flexibility index (Phi) is 4.69. The zero-order chi connectivity index (χ0) is 13.8. The van der Waals surface area contributed by atoms with E-state index in [1.165, 1.54) is 18.9 Å². The van der Waals surface area contributed by atoms with Gasteiger partial charge in [0.15, 0.2) is 0 Å². The Bertz CT molecular complexity index is 348. The lowest BCUT2D eigenvalue weighted by atomic mass is 9.81. The Hall–Kier alpha value is -1.59. The van der Waals surface area contributed by atoms with Crippen molar-refractivity contribution in [1.29, 1.82) is 0 Å². The second kappa shape index (κ2) is 5.84. The third-order valence-electron chi connectivity index (χ3n) is 3.41. The van der Waals surface area contributed by atoms with Crippen LogP contribution in [0, 0.1) is 0 Å². The van der Waals surface area contributed by atoms with E-state index in [2.05, 4.69) is 5.32 Å². The lowest BCUT2D eigenvalue weighted by Gasteiger charge is -2.34. The fourth-order valence-electron chi connectivity index (χ4n) is 2.18. The number of carboxylic acid groups (broad SMARTS) is 1. The van der Waals surface area contributed by atoms with Crippen molar-refractivity contribution in [1.82, 2.24) is 10.2 Å². The van der Waals surface area contributed by atoms with Crippen LogP contribution in [0.2, 0.25) is 0 Å². The summed E-state index contributed by atoms with van der Waals surface area (Å²) in [5.74, 6) is -1.63. The second-order valence-electron chi connectivity index (χ2n) is 4.87. The lowest BCUT2D eigenvalue weighted by Crippen LogP contribution is -2.57. The highest BCUT2D eigenvalue weighted by molar-refractivity contribution is 5.89. The molecule has 2 N–H and O–H groups in total. The van der Waals surface area contributed by atoms with Gasteiger partial charge in [-0.15, -0.1) is 0 Å². The molecule has 1 aliphatic carbocycles. The van der Waals surface area contributed by atoms with Gasteiger partial charge in [-0.25, -0.2) is 4.79 Å². The summed E-state index contributed by atoms with van der Waals surface area (Å²) in [6.45, 7) is 1.26. The molecule has 0 unspecified atom stereocenters. The third kappa shape index (κ3) is 3.45. The SMILES string of the molecule is CC(=O)N(C)CC(=O)NC1(C(=O)O)CCCCC1. The molecule has 0 aliphatic heterocycles. The normalized spacial score (nSPS) is 17.9.